The molecule has 0 aromatic rings. The minimum Gasteiger partial charge on any atom is -0.441 e. The molecule has 0 aliphatic carbocycles. The van der Waals surface area contributed by atoms with Gasteiger partial charge in [0.25, 0.3) is 40.0 Å². The Labute approximate surface area is 116 Å². The fourth-order valence-electron chi connectivity index (χ4n) is 0.657. The minimum atomic E-state index is -1.38. The van der Waals surface area contributed by atoms with Gasteiger partial charge in [-0.3, -0.25) is 0 Å². The van der Waals surface area contributed by atoms with Gasteiger partial charge in [-0.1, -0.05) is 0 Å². The highest BCUT2D eigenvalue weighted by Gasteiger charge is 2.14. The van der Waals surface area contributed by atoms with Gasteiger partial charge in [0, 0.05) is 0 Å². The predicted octanol–water partition coefficient (Wildman–Crippen LogP) is -1.27. The summed E-state index contributed by atoms with van der Waals surface area (Å²) in [5.74, 6) is 0. The normalized spacial score (nSPS) is 15.9. The van der Waals surface area contributed by atoms with E-state index in [1.165, 1.54) is 0 Å². The van der Waals surface area contributed by atoms with Crippen molar-refractivity contribution >= 4 is 56.7 Å². The standard InChI is InChI=1S/C6H26O5Si6/c1-16(2,3)10-14-8-12-7-13-9-15-11-17(4,5)6/h12-15H2,1-6H3. The van der Waals surface area contributed by atoms with Crippen LogP contribution in [0.1, 0.15) is 0 Å². The van der Waals surface area contributed by atoms with E-state index in [4.69, 9.17) is 20.6 Å². The molecule has 0 aliphatic rings. The van der Waals surface area contributed by atoms with Crippen molar-refractivity contribution in [2.75, 3.05) is 0 Å². The van der Waals surface area contributed by atoms with Crippen LogP contribution in [0.25, 0.3) is 0 Å². The monoisotopic (exact) mass is 346 g/mol. The van der Waals surface area contributed by atoms with Crippen LogP contribution in [-0.2, 0) is 20.6 Å². The van der Waals surface area contributed by atoms with E-state index in [1.807, 2.05) is 0 Å². The van der Waals surface area contributed by atoms with Crippen molar-refractivity contribution in [1.82, 2.24) is 0 Å². The van der Waals surface area contributed by atoms with Crippen LogP contribution < -0.4 is 0 Å². The van der Waals surface area contributed by atoms with Gasteiger partial charge in [-0.05, 0) is 39.3 Å². The molecule has 0 spiro atoms. The molecule has 0 bridgehead atoms. The minimum absolute atomic E-state index is 0.803. The first kappa shape index (κ1) is 18.1. The summed E-state index contributed by atoms with van der Waals surface area (Å²) in [4.78, 5) is 0. The highest BCUT2D eigenvalue weighted by atomic mass is 28.4. The van der Waals surface area contributed by atoms with Crippen LogP contribution in [0.5, 0.6) is 0 Å². The molecule has 0 unspecified atom stereocenters. The van der Waals surface area contributed by atoms with Crippen LogP contribution in [-0.4, -0.2) is 56.7 Å². The highest BCUT2D eigenvalue weighted by molar-refractivity contribution is 6.74. The fourth-order valence-corrected chi connectivity index (χ4v) is 9.53. The van der Waals surface area contributed by atoms with Crippen LogP contribution in [0.15, 0.2) is 0 Å². The molecule has 0 saturated heterocycles. The van der Waals surface area contributed by atoms with Gasteiger partial charge in [0.2, 0.25) is 0 Å². The van der Waals surface area contributed by atoms with E-state index in [-0.39, 0.29) is 0 Å². The maximum absolute atomic E-state index is 5.68. The van der Waals surface area contributed by atoms with Crippen molar-refractivity contribution in [2.24, 2.45) is 0 Å². The second-order valence-electron chi connectivity index (χ2n) is 5.60. The predicted molar refractivity (Wildman–Crippen MR) is 86.3 cm³/mol. The Kier molecular flexibility index (Phi) is 9.66. The van der Waals surface area contributed by atoms with E-state index in [1.54, 1.807) is 0 Å². The maximum atomic E-state index is 5.68. The average molecular weight is 347 g/mol. The third kappa shape index (κ3) is 17.1. The molecule has 0 radical (unpaired) electrons. The maximum Gasteiger partial charge on any atom is 0.286 e. The Morgan fingerprint density at radius 3 is 1.12 bits per heavy atom. The summed E-state index contributed by atoms with van der Waals surface area (Å²) in [6.45, 7) is 13.0. The van der Waals surface area contributed by atoms with E-state index >= 15 is 0 Å². The Morgan fingerprint density at radius 2 is 0.824 bits per heavy atom. The smallest absolute Gasteiger partial charge is 0.286 e. The van der Waals surface area contributed by atoms with E-state index in [2.05, 4.69) is 39.3 Å². The molecule has 11 heteroatoms. The van der Waals surface area contributed by atoms with Gasteiger partial charge in [-0.15, -0.1) is 0 Å². The summed E-state index contributed by atoms with van der Waals surface area (Å²) < 4.78 is 27.7. The Morgan fingerprint density at radius 1 is 0.529 bits per heavy atom. The van der Waals surface area contributed by atoms with E-state index in [0.29, 0.717) is 0 Å². The van der Waals surface area contributed by atoms with Crippen LogP contribution in [0.4, 0.5) is 0 Å². The molecule has 0 atom stereocenters. The van der Waals surface area contributed by atoms with Crippen molar-refractivity contribution in [3.8, 4) is 0 Å². The lowest BCUT2D eigenvalue weighted by Gasteiger charge is -2.18. The van der Waals surface area contributed by atoms with Gasteiger partial charge in [-0.25, -0.2) is 0 Å². The van der Waals surface area contributed by atoms with E-state index in [0.717, 1.165) is 0 Å². The lowest BCUT2D eigenvalue weighted by atomic mass is 11.8. The molecular weight excluding hydrogens is 321 g/mol. The first-order valence-electron chi connectivity index (χ1n) is 5.72. The zero-order chi connectivity index (χ0) is 13.4. The van der Waals surface area contributed by atoms with Gasteiger partial charge < -0.3 is 20.6 Å². The van der Waals surface area contributed by atoms with Crippen LogP contribution in [0, 0.1) is 0 Å². The molecule has 0 N–H and O–H groups in total. The van der Waals surface area contributed by atoms with Gasteiger partial charge in [0.05, 0.1) is 0 Å². The third-order valence-corrected chi connectivity index (χ3v) is 13.4. The number of rotatable bonds is 10. The molecule has 5 nitrogen and oxygen atoms in total. The molecule has 0 fully saturated rings. The van der Waals surface area contributed by atoms with E-state index < -0.39 is 56.7 Å². The van der Waals surface area contributed by atoms with Crippen LogP contribution in [0.2, 0.25) is 39.3 Å². The van der Waals surface area contributed by atoms with Crippen molar-refractivity contribution in [2.45, 2.75) is 39.3 Å². The average Bonchev–Trinajstić information content (AvgIpc) is 2.11. The van der Waals surface area contributed by atoms with Crippen LogP contribution in [0.3, 0.4) is 0 Å². The molecule has 0 aromatic heterocycles. The van der Waals surface area contributed by atoms with Gasteiger partial charge in [0.1, 0.15) is 0 Å². The van der Waals surface area contributed by atoms with Crippen molar-refractivity contribution in [3.05, 3.63) is 0 Å². The van der Waals surface area contributed by atoms with E-state index in [9.17, 15) is 0 Å². The Bertz CT molecular complexity index is 172. The summed E-state index contributed by atoms with van der Waals surface area (Å²) in [7, 11) is -6.07. The van der Waals surface area contributed by atoms with Gasteiger partial charge >= 0.3 is 0 Å². The lowest BCUT2D eigenvalue weighted by Crippen LogP contribution is -2.31. The molecule has 0 aliphatic heterocycles. The Hall–Kier alpha value is 1.10. The lowest BCUT2D eigenvalue weighted by molar-refractivity contribution is 0.382. The largest absolute Gasteiger partial charge is 0.441 e. The molecule has 0 aromatic carbocycles. The van der Waals surface area contributed by atoms with Gasteiger partial charge in [-0.2, -0.15) is 0 Å². The fraction of sp³-hybridized carbons (Fsp3) is 1.00. The molecule has 0 rings (SSSR count). The topological polar surface area (TPSA) is 46.2 Å². The first-order valence-corrected chi connectivity index (χ1v) is 17.2. The zero-order valence-corrected chi connectivity index (χ0v) is 19.5. The number of hydrogen-bond donors (Lipinski definition) is 0. The first-order chi connectivity index (χ1) is 7.71. The summed E-state index contributed by atoms with van der Waals surface area (Å²) >= 11 is 0. The SMILES string of the molecule is C[Si](C)(C)O[SiH2]O[SiH2]O[SiH2]O[SiH2]O[Si](C)(C)C. The van der Waals surface area contributed by atoms with Crippen molar-refractivity contribution in [1.29, 1.82) is 0 Å². The quantitative estimate of drug-likeness (QED) is 0.365. The molecule has 17 heavy (non-hydrogen) atoms. The summed E-state index contributed by atoms with van der Waals surface area (Å²) in [6, 6.07) is 0. The molecule has 0 amide bonds. The third-order valence-electron chi connectivity index (χ3n) is 1.48. The zero-order valence-electron chi connectivity index (χ0n) is 11.9. The molecule has 0 saturated carbocycles. The van der Waals surface area contributed by atoms with Crippen molar-refractivity contribution in [3.63, 3.8) is 0 Å². The summed E-state index contributed by atoms with van der Waals surface area (Å²) in [5.41, 5.74) is 0. The van der Waals surface area contributed by atoms with Gasteiger partial charge in [0.15, 0.2) is 16.6 Å². The molecular formula is C6H26O5Si6. The summed E-state index contributed by atoms with van der Waals surface area (Å²) in [5, 5.41) is 0. The summed E-state index contributed by atoms with van der Waals surface area (Å²) in [6.07, 6.45) is 0. The second-order valence-corrected chi connectivity index (χ2v) is 22.2. The molecule has 0 heterocycles. The molecule has 104 valence electrons. The highest BCUT2D eigenvalue weighted by Crippen LogP contribution is 2.01. The van der Waals surface area contributed by atoms with Crippen LogP contribution >= 0.6 is 0 Å². The van der Waals surface area contributed by atoms with Crippen molar-refractivity contribution < 1.29 is 20.6 Å². The number of hydrogen-bond acceptors (Lipinski definition) is 5. The Balaban J connectivity index is 3.15. The second kappa shape index (κ2) is 9.08.